The van der Waals surface area contributed by atoms with Gasteiger partial charge in [-0.25, -0.2) is 0 Å². The fourth-order valence-electron chi connectivity index (χ4n) is 2.31. The van der Waals surface area contributed by atoms with E-state index in [2.05, 4.69) is 44.4 Å². The third-order valence-electron chi connectivity index (χ3n) is 3.23. The number of nitrogen functional groups attached to an aromatic ring is 1. The van der Waals surface area contributed by atoms with Gasteiger partial charge < -0.3 is 5.73 Å². The molecule has 0 saturated carbocycles. The quantitative estimate of drug-likeness (QED) is 0.725. The molecule has 0 radical (unpaired) electrons. The number of aryl methyl sites for hydroxylation is 2. The molecule has 0 fully saturated rings. The molecule has 106 valence electrons. The number of benzene rings is 2. The summed E-state index contributed by atoms with van der Waals surface area (Å²) in [6.45, 7) is 4.11. The monoisotopic (exact) mass is 343 g/mol. The lowest BCUT2D eigenvalue weighted by molar-refractivity contribution is 0.787. The normalized spacial score (nSPS) is 10.8. The molecular weight excluding hydrogens is 330 g/mol. The van der Waals surface area contributed by atoms with E-state index in [4.69, 9.17) is 5.73 Å². The van der Waals surface area contributed by atoms with Crippen LogP contribution in [-0.2, 0) is 0 Å². The summed E-state index contributed by atoms with van der Waals surface area (Å²) in [7, 11) is 0. The van der Waals surface area contributed by atoms with Crippen LogP contribution in [-0.4, -0.2) is 20.2 Å². The number of rotatable bonds is 2. The summed E-state index contributed by atoms with van der Waals surface area (Å²) >= 11 is 3.45. The van der Waals surface area contributed by atoms with E-state index in [9.17, 15) is 0 Å². The molecule has 1 heterocycles. The Bertz CT molecular complexity index is 789. The molecule has 21 heavy (non-hydrogen) atoms. The van der Waals surface area contributed by atoms with E-state index in [0.717, 1.165) is 21.3 Å². The van der Waals surface area contributed by atoms with Crippen LogP contribution in [0.3, 0.4) is 0 Å². The number of hydrogen-bond acceptors (Lipinski definition) is 4. The summed E-state index contributed by atoms with van der Waals surface area (Å²) in [5.74, 6) is 0.662. The third kappa shape index (κ3) is 2.67. The molecule has 0 atom stereocenters. The van der Waals surface area contributed by atoms with Gasteiger partial charge in [0.2, 0.25) is 0 Å². The number of halogens is 1. The molecule has 1 aromatic heterocycles. The lowest BCUT2D eigenvalue weighted by Gasteiger charge is -2.09. The van der Waals surface area contributed by atoms with E-state index in [1.165, 1.54) is 5.56 Å². The summed E-state index contributed by atoms with van der Waals surface area (Å²) in [6, 6.07) is 11.8. The minimum Gasteiger partial charge on any atom is -0.399 e. The summed E-state index contributed by atoms with van der Waals surface area (Å²) < 4.78 is 2.63. The second-order valence-corrected chi connectivity index (χ2v) is 5.89. The Hall–Kier alpha value is -2.21. The van der Waals surface area contributed by atoms with Crippen LogP contribution >= 0.6 is 15.9 Å². The molecule has 5 nitrogen and oxygen atoms in total. The first-order valence-corrected chi connectivity index (χ1v) is 7.26. The maximum Gasteiger partial charge on any atom is 0.187 e. The number of hydrogen-bond donors (Lipinski definition) is 1. The largest absolute Gasteiger partial charge is 0.399 e. The molecule has 2 N–H and O–H groups in total. The second-order valence-electron chi connectivity index (χ2n) is 4.98. The lowest BCUT2D eigenvalue weighted by Crippen LogP contribution is -2.02. The summed E-state index contributed by atoms with van der Waals surface area (Å²) in [5, 5.41) is 12.1. The molecule has 0 bridgehead atoms. The summed E-state index contributed by atoms with van der Waals surface area (Å²) in [5.41, 5.74) is 10.7. The van der Waals surface area contributed by atoms with Crippen molar-refractivity contribution in [2.75, 3.05) is 5.73 Å². The van der Waals surface area contributed by atoms with E-state index in [0.29, 0.717) is 11.5 Å². The highest BCUT2D eigenvalue weighted by atomic mass is 79.9. The van der Waals surface area contributed by atoms with Crippen molar-refractivity contribution in [1.82, 2.24) is 20.2 Å². The Balaban J connectivity index is 2.17. The first-order chi connectivity index (χ1) is 10.0. The Morgan fingerprint density at radius 2 is 1.90 bits per heavy atom. The summed E-state index contributed by atoms with van der Waals surface area (Å²) in [4.78, 5) is 0. The van der Waals surface area contributed by atoms with Crippen molar-refractivity contribution in [1.29, 1.82) is 0 Å². The van der Waals surface area contributed by atoms with Gasteiger partial charge in [0.15, 0.2) is 5.82 Å². The van der Waals surface area contributed by atoms with Crippen LogP contribution < -0.4 is 5.73 Å². The van der Waals surface area contributed by atoms with Crippen molar-refractivity contribution < 1.29 is 0 Å². The van der Waals surface area contributed by atoms with Crippen molar-refractivity contribution in [3.05, 3.63) is 52.0 Å². The number of nitrogens with two attached hydrogens (primary N) is 1. The fourth-order valence-corrected chi connectivity index (χ4v) is 2.82. The Morgan fingerprint density at radius 1 is 1.10 bits per heavy atom. The average Bonchev–Trinajstić information content (AvgIpc) is 2.86. The summed E-state index contributed by atoms with van der Waals surface area (Å²) in [6.07, 6.45) is 0. The Labute approximate surface area is 130 Å². The smallest absolute Gasteiger partial charge is 0.187 e. The van der Waals surface area contributed by atoms with Gasteiger partial charge in [0.25, 0.3) is 0 Å². The topological polar surface area (TPSA) is 69.6 Å². The molecule has 0 aliphatic heterocycles. The first kappa shape index (κ1) is 13.8. The SMILES string of the molecule is Cc1ccc(-n2nnnc2-c2cc(N)cc(Br)c2)c(C)c1. The van der Waals surface area contributed by atoms with Gasteiger partial charge in [0.05, 0.1) is 5.69 Å². The molecule has 0 unspecified atom stereocenters. The van der Waals surface area contributed by atoms with Crippen LogP contribution in [0.2, 0.25) is 0 Å². The maximum atomic E-state index is 5.90. The highest BCUT2D eigenvalue weighted by molar-refractivity contribution is 9.10. The van der Waals surface area contributed by atoms with Gasteiger partial charge in [-0.3, -0.25) is 0 Å². The van der Waals surface area contributed by atoms with Crippen LogP contribution in [0.25, 0.3) is 17.1 Å². The van der Waals surface area contributed by atoms with E-state index < -0.39 is 0 Å². The van der Waals surface area contributed by atoms with Gasteiger partial charge in [-0.2, -0.15) is 4.68 Å². The number of anilines is 1. The molecule has 3 aromatic rings. The first-order valence-electron chi connectivity index (χ1n) is 6.47. The molecule has 3 rings (SSSR count). The van der Waals surface area contributed by atoms with Crippen molar-refractivity contribution >= 4 is 21.6 Å². The van der Waals surface area contributed by atoms with Crippen LogP contribution in [0.1, 0.15) is 11.1 Å². The highest BCUT2D eigenvalue weighted by Crippen LogP contribution is 2.26. The molecule has 2 aromatic carbocycles. The zero-order valence-electron chi connectivity index (χ0n) is 11.7. The van der Waals surface area contributed by atoms with Crippen LogP contribution in [0.5, 0.6) is 0 Å². The van der Waals surface area contributed by atoms with Gasteiger partial charge in [0, 0.05) is 15.7 Å². The van der Waals surface area contributed by atoms with Crippen molar-refractivity contribution in [3.8, 4) is 17.1 Å². The van der Waals surface area contributed by atoms with Gasteiger partial charge in [-0.1, -0.05) is 33.6 Å². The number of nitrogens with zero attached hydrogens (tertiary/aromatic N) is 4. The molecular formula is C15H14BrN5. The van der Waals surface area contributed by atoms with Crippen LogP contribution in [0, 0.1) is 13.8 Å². The Kier molecular flexibility index (Phi) is 3.47. The highest BCUT2D eigenvalue weighted by Gasteiger charge is 2.13. The van der Waals surface area contributed by atoms with Crippen molar-refractivity contribution in [2.45, 2.75) is 13.8 Å². The van der Waals surface area contributed by atoms with Crippen LogP contribution in [0.15, 0.2) is 40.9 Å². The van der Waals surface area contributed by atoms with E-state index >= 15 is 0 Å². The zero-order chi connectivity index (χ0) is 15.0. The molecule has 6 heteroatoms. The predicted molar refractivity (Wildman–Crippen MR) is 86.2 cm³/mol. The molecule has 0 aliphatic rings. The lowest BCUT2D eigenvalue weighted by atomic mass is 10.1. The number of aromatic nitrogens is 4. The Morgan fingerprint density at radius 3 is 2.62 bits per heavy atom. The molecule has 0 aliphatic carbocycles. The third-order valence-corrected chi connectivity index (χ3v) is 3.69. The molecule has 0 amide bonds. The maximum absolute atomic E-state index is 5.90. The van der Waals surface area contributed by atoms with E-state index in [-0.39, 0.29) is 0 Å². The van der Waals surface area contributed by atoms with E-state index in [1.807, 2.05) is 37.3 Å². The van der Waals surface area contributed by atoms with Gasteiger partial charge in [-0.05, 0) is 54.1 Å². The minimum absolute atomic E-state index is 0.662. The number of tetrazole rings is 1. The molecule has 0 spiro atoms. The standard InChI is InChI=1S/C15H14BrN5/c1-9-3-4-14(10(2)5-9)21-15(18-19-20-21)11-6-12(16)8-13(17)7-11/h3-8H,17H2,1-2H3. The van der Waals surface area contributed by atoms with Crippen molar-refractivity contribution in [2.24, 2.45) is 0 Å². The van der Waals surface area contributed by atoms with Gasteiger partial charge in [-0.15, -0.1) is 5.10 Å². The minimum atomic E-state index is 0.662. The van der Waals surface area contributed by atoms with Crippen molar-refractivity contribution in [3.63, 3.8) is 0 Å². The second kappa shape index (κ2) is 5.29. The average molecular weight is 344 g/mol. The zero-order valence-corrected chi connectivity index (χ0v) is 13.3. The van der Waals surface area contributed by atoms with Crippen LogP contribution in [0.4, 0.5) is 5.69 Å². The van der Waals surface area contributed by atoms with Gasteiger partial charge >= 0.3 is 0 Å². The fraction of sp³-hybridized carbons (Fsp3) is 0.133. The van der Waals surface area contributed by atoms with E-state index in [1.54, 1.807) is 4.68 Å². The predicted octanol–water partition coefficient (Wildman–Crippen LogP) is 3.29. The van der Waals surface area contributed by atoms with Gasteiger partial charge in [0.1, 0.15) is 0 Å². The molecule has 0 saturated heterocycles.